The molecule has 1 heterocycles. The highest BCUT2D eigenvalue weighted by molar-refractivity contribution is 5.87. The minimum Gasteiger partial charge on any atom is -1.00 e. The van der Waals surface area contributed by atoms with E-state index in [2.05, 4.69) is 24.3 Å². The molecule has 4 heteroatoms. The summed E-state index contributed by atoms with van der Waals surface area (Å²) in [5.41, 5.74) is 3.57. The van der Waals surface area contributed by atoms with E-state index in [4.69, 9.17) is 5.11 Å². The molecule has 0 aliphatic heterocycles. The molecular formula is C21H18ClNO2. The quantitative estimate of drug-likeness (QED) is 0.694. The Kier molecular flexibility index (Phi) is 6.49. The van der Waals surface area contributed by atoms with Crippen LogP contribution in [0.15, 0.2) is 79.1 Å². The normalized spacial score (nSPS) is 10.4. The maximum atomic E-state index is 11.0. The van der Waals surface area contributed by atoms with Gasteiger partial charge in [0.1, 0.15) is 0 Å². The van der Waals surface area contributed by atoms with Gasteiger partial charge in [0.15, 0.2) is 18.9 Å². The number of rotatable bonds is 5. The third kappa shape index (κ3) is 5.30. The van der Waals surface area contributed by atoms with Gasteiger partial charge in [-0.15, -0.1) is 0 Å². The van der Waals surface area contributed by atoms with Crippen molar-refractivity contribution < 1.29 is 26.9 Å². The van der Waals surface area contributed by atoms with Crippen molar-refractivity contribution in [3.8, 4) is 0 Å². The summed E-state index contributed by atoms with van der Waals surface area (Å²) in [6.45, 7) is 0.643. The molecule has 0 radical (unpaired) electrons. The molecule has 25 heavy (non-hydrogen) atoms. The monoisotopic (exact) mass is 351 g/mol. The number of nitrogens with zero attached hydrogens (tertiary/aromatic N) is 1. The zero-order chi connectivity index (χ0) is 16.8. The molecule has 0 saturated heterocycles. The zero-order valence-electron chi connectivity index (χ0n) is 13.5. The molecule has 0 aliphatic carbocycles. The summed E-state index contributed by atoms with van der Waals surface area (Å²) in [4.78, 5) is 11.0. The molecule has 0 aliphatic rings. The topological polar surface area (TPSA) is 41.2 Å². The molecule has 3 aromatic rings. The van der Waals surface area contributed by atoms with Crippen molar-refractivity contribution in [2.75, 3.05) is 0 Å². The third-order valence-electron chi connectivity index (χ3n) is 3.72. The van der Waals surface area contributed by atoms with Crippen molar-refractivity contribution in [1.29, 1.82) is 0 Å². The summed E-state index contributed by atoms with van der Waals surface area (Å²) >= 11 is 0. The highest BCUT2D eigenvalue weighted by atomic mass is 35.5. The first-order chi connectivity index (χ1) is 11.7. The SMILES string of the molecule is O=C(O)c1cccc(C[n+]2ccc(/C=C\c3ccccc3)cc2)c1.[Cl-]. The van der Waals surface area contributed by atoms with E-state index in [1.807, 2.05) is 53.4 Å². The first-order valence-corrected chi connectivity index (χ1v) is 7.75. The van der Waals surface area contributed by atoms with Gasteiger partial charge in [0.05, 0.1) is 5.56 Å². The zero-order valence-corrected chi connectivity index (χ0v) is 14.3. The summed E-state index contributed by atoms with van der Waals surface area (Å²) in [5, 5.41) is 9.05. The molecule has 126 valence electrons. The summed E-state index contributed by atoms with van der Waals surface area (Å²) in [6.07, 6.45) is 8.15. The smallest absolute Gasteiger partial charge is 0.335 e. The minimum atomic E-state index is -0.900. The number of carboxylic acid groups (broad SMARTS) is 1. The van der Waals surface area contributed by atoms with Crippen LogP contribution in [0.4, 0.5) is 0 Å². The van der Waals surface area contributed by atoms with Crippen LogP contribution in [0.3, 0.4) is 0 Å². The van der Waals surface area contributed by atoms with Crippen LogP contribution in [0.25, 0.3) is 12.2 Å². The summed E-state index contributed by atoms with van der Waals surface area (Å²) in [5.74, 6) is -0.900. The van der Waals surface area contributed by atoms with E-state index in [1.165, 1.54) is 5.56 Å². The van der Waals surface area contributed by atoms with Crippen LogP contribution in [0.1, 0.15) is 27.0 Å². The number of hydrogen-bond donors (Lipinski definition) is 1. The molecule has 0 unspecified atom stereocenters. The molecule has 0 atom stereocenters. The van der Waals surface area contributed by atoms with Gasteiger partial charge in [-0.2, -0.15) is 0 Å². The number of aromatic carboxylic acids is 1. The van der Waals surface area contributed by atoms with Crippen LogP contribution in [0, 0.1) is 0 Å². The molecule has 0 amide bonds. The van der Waals surface area contributed by atoms with Crippen LogP contribution in [-0.2, 0) is 6.54 Å². The van der Waals surface area contributed by atoms with Gasteiger partial charge in [-0.1, -0.05) is 54.6 Å². The van der Waals surface area contributed by atoms with E-state index < -0.39 is 5.97 Å². The van der Waals surface area contributed by atoms with Crippen LogP contribution in [0.5, 0.6) is 0 Å². The van der Waals surface area contributed by atoms with Gasteiger partial charge < -0.3 is 17.5 Å². The maximum absolute atomic E-state index is 11.0. The van der Waals surface area contributed by atoms with Crippen molar-refractivity contribution in [1.82, 2.24) is 0 Å². The van der Waals surface area contributed by atoms with Crippen LogP contribution in [0.2, 0.25) is 0 Å². The fourth-order valence-electron chi connectivity index (χ4n) is 2.46. The Morgan fingerprint density at radius 1 is 0.880 bits per heavy atom. The van der Waals surface area contributed by atoms with Gasteiger partial charge in [-0.25, -0.2) is 9.36 Å². The Morgan fingerprint density at radius 2 is 1.52 bits per heavy atom. The highest BCUT2D eigenvalue weighted by Gasteiger charge is 2.06. The Morgan fingerprint density at radius 3 is 2.16 bits per heavy atom. The molecule has 0 bridgehead atoms. The summed E-state index contributed by atoms with van der Waals surface area (Å²) in [6, 6.07) is 21.3. The predicted octanol–water partition coefficient (Wildman–Crippen LogP) is 0.895. The number of benzene rings is 2. The fraction of sp³-hybridized carbons (Fsp3) is 0.0476. The lowest BCUT2D eigenvalue weighted by Gasteiger charge is -2.00. The number of pyridine rings is 1. The standard InChI is InChI=1S/C21H17NO2.ClH/c23-21(24)20-8-4-7-19(15-20)16-22-13-11-18(12-14-22)10-9-17-5-2-1-3-6-17;/h1-15H,16H2;1H/b10-9-;. The second-order valence-electron chi connectivity index (χ2n) is 5.55. The van der Waals surface area contributed by atoms with Gasteiger partial charge in [0, 0.05) is 17.7 Å². The lowest BCUT2D eigenvalue weighted by atomic mass is 10.1. The molecule has 0 spiro atoms. The largest absolute Gasteiger partial charge is 1.00 e. The first kappa shape index (κ1) is 18.4. The van der Waals surface area contributed by atoms with Crippen LogP contribution >= 0.6 is 0 Å². The first-order valence-electron chi connectivity index (χ1n) is 7.75. The number of carboxylic acids is 1. The molecule has 0 saturated carbocycles. The van der Waals surface area contributed by atoms with Gasteiger partial charge in [-0.3, -0.25) is 0 Å². The van der Waals surface area contributed by atoms with Crippen molar-refractivity contribution >= 4 is 18.1 Å². The Hall–Kier alpha value is -2.91. The molecule has 3 rings (SSSR count). The highest BCUT2D eigenvalue weighted by Crippen LogP contribution is 2.08. The second-order valence-corrected chi connectivity index (χ2v) is 5.55. The Balaban J connectivity index is 0.00000225. The number of hydrogen-bond acceptors (Lipinski definition) is 1. The second kappa shape index (κ2) is 8.81. The third-order valence-corrected chi connectivity index (χ3v) is 3.72. The van der Waals surface area contributed by atoms with E-state index in [1.54, 1.807) is 18.2 Å². The molecule has 3 nitrogen and oxygen atoms in total. The van der Waals surface area contributed by atoms with Crippen LogP contribution in [-0.4, -0.2) is 11.1 Å². The van der Waals surface area contributed by atoms with Gasteiger partial charge >= 0.3 is 5.97 Å². The van der Waals surface area contributed by atoms with E-state index >= 15 is 0 Å². The number of carbonyl (C=O) groups is 1. The summed E-state index contributed by atoms with van der Waals surface area (Å²) < 4.78 is 2.03. The van der Waals surface area contributed by atoms with E-state index in [-0.39, 0.29) is 12.4 Å². The van der Waals surface area contributed by atoms with Gasteiger partial charge in [0.2, 0.25) is 0 Å². The molecule has 2 aromatic carbocycles. The molecule has 1 aromatic heterocycles. The predicted molar refractivity (Wildman–Crippen MR) is 94.5 cm³/mol. The Labute approximate surface area is 153 Å². The molecule has 0 fully saturated rings. The summed E-state index contributed by atoms with van der Waals surface area (Å²) in [7, 11) is 0. The van der Waals surface area contributed by atoms with E-state index in [9.17, 15) is 4.79 Å². The maximum Gasteiger partial charge on any atom is 0.335 e. The number of aromatic nitrogens is 1. The van der Waals surface area contributed by atoms with Crippen molar-refractivity contribution in [3.63, 3.8) is 0 Å². The molecular weight excluding hydrogens is 334 g/mol. The fourth-order valence-corrected chi connectivity index (χ4v) is 2.46. The van der Waals surface area contributed by atoms with Crippen molar-refractivity contribution in [2.24, 2.45) is 0 Å². The van der Waals surface area contributed by atoms with Crippen molar-refractivity contribution in [3.05, 3.63) is 101 Å². The average Bonchev–Trinajstić information content (AvgIpc) is 2.62. The van der Waals surface area contributed by atoms with Gasteiger partial charge in [-0.05, 0) is 23.3 Å². The van der Waals surface area contributed by atoms with Gasteiger partial charge in [0.25, 0.3) is 0 Å². The number of halogens is 1. The van der Waals surface area contributed by atoms with Crippen molar-refractivity contribution in [2.45, 2.75) is 6.54 Å². The average molecular weight is 352 g/mol. The molecule has 1 N–H and O–H groups in total. The lowest BCUT2D eigenvalue weighted by Crippen LogP contribution is -3.00. The van der Waals surface area contributed by atoms with Crippen LogP contribution < -0.4 is 17.0 Å². The van der Waals surface area contributed by atoms with E-state index in [0.29, 0.717) is 12.1 Å². The Bertz CT molecular complexity index is 859. The lowest BCUT2D eigenvalue weighted by molar-refractivity contribution is -0.688. The van der Waals surface area contributed by atoms with E-state index in [0.717, 1.165) is 11.1 Å². The minimum absolute atomic E-state index is 0.